The number of carboxylic acid groups (broad SMARTS) is 1. The van der Waals surface area contributed by atoms with E-state index in [0.29, 0.717) is 0 Å². The minimum atomic E-state index is -0.854. The van der Waals surface area contributed by atoms with Crippen LogP contribution in [0.2, 0.25) is 0 Å². The maximum atomic E-state index is 12.2. The van der Waals surface area contributed by atoms with E-state index in [1.54, 1.807) is 0 Å². The first-order valence-electron chi connectivity index (χ1n) is 7.43. The summed E-state index contributed by atoms with van der Waals surface area (Å²) in [4.78, 5) is 27.4. The van der Waals surface area contributed by atoms with Gasteiger partial charge in [-0.3, -0.25) is 14.5 Å². The molecule has 2 rings (SSSR count). The summed E-state index contributed by atoms with van der Waals surface area (Å²) in [5, 5.41) is 9.36. The fourth-order valence-corrected chi connectivity index (χ4v) is 3.04. The zero-order valence-corrected chi connectivity index (χ0v) is 11.5. The summed E-state index contributed by atoms with van der Waals surface area (Å²) in [5.74, 6) is -0.843. The van der Waals surface area contributed by atoms with Crippen molar-refractivity contribution in [1.29, 1.82) is 0 Å². The lowest BCUT2D eigenvalue weighted by Crippen LogP contribution is -2.48. The van der Waals surface area contributed by atoms with Crippen molar-refractivity contribution < 1.29 is 14.7 Å². The van der Waals surface area contributed by atoms with E-state index in [1.165, 1.54) is 12.8 Å². The van der Waals surface area contributed by atoms with Crippen LogP contribution in [-0.2, 0) is 9.59 Å². The average molecular weight is 268 g/mol. The highest BCUT2D eigenvalue weighted by molar-refractivity contribution is 5.84. The Morgan fingerprint density at radius 2 is 1.42 bits per heavy atom. The van der Waals surface area contributed by atoms with Gasteiger partial charge in [-0.1, -0.05) is 6.42 Å². The highest BCUT2D eigenvalue weighted by Gasteiger charge is 2.30. The lowest BCUT2D eigenvalue weighted by Gasteiger charge is -2.33. The number of likely N-dealkylation sites (tertiary alicyclic amines) is 2. The molecule has 0 aromatic rings. The zero-order valence-electron chi connectivity index (χ0n) is 11.5. The van der Waals surface area contributed by atoms with Crippen LogP contribution in [0.15, 0.2) is 0 Å². The summed E-state index contributed by atoms with van der Waals surface area (Å²) in [6.45, 7) is 3.21. The van der Waals surface area contributed by atoms with Gasteiger partial charge in [-0.15, -0.1) is 0 Å². The van der Waals surface area contributed by atoms with Gasteiger partial charge >= 0.3 is 5.97 Å². The molecule has 108 valence electrons. The molecule has 2 aliphatic heterocycles. The van der Waals surface area contributed by atoms with Crippen LogP contribution in [-0.4, -0.2) is 59.0 Å². The van der Waals surface area contributed by atoms with Gasteiger partial charge in [0.05, 0.1) is 6.42 Å². The van der Waals surface area contributed by atoms with E-state index >= 15 is 0 Å². The van der Waals surface area contributed by atoms with Crippen LogP contribution in [0.4, 0.5) is 0 Å². The molecular formula is C14H24N2O3. The summed E-state index contributed by atoms with van der Waals surface area (Å²) in [6, 6.07) is -0.630. The monoisotopic (exact) mass is 268 g/mol. The Morgan fingerprint density at radius 3 is 1.95 bits per heavy atom. The number of piperidine rings is 2. The zero-order chi connectivity index (χ0) is 13.7. The van der Waals surface area contributed by atoms with Crippen LogP contribution in [0, 0.1) is 0 Å². The Bertz CT molecular complexity index is 321. The summed E-state index contributed by atoms with van der Waals surface area (Å²) in [5.41, 5.74) is 0. The lowest BCUT2D eigenvalue weighted by atomic mass is 10.0. The van der Waals surface area contributed by atoms with E-state index in [1.807, 2.05) is 9.80 Å². The average Bonchev–Trinajstić information content (AvgIpc) is 2.46. The Balaban J connectivity index is 1.91. The van der Waals surface area contributed by atoms with Crippen molar-refractivity contribution in [3.8, 4) is 0 Å². The predicted octanol–water partition coefficient (Wildman–Crippen LogP) is 1.33. The first-order chi connectivity index (χ1) is 9.18. The molecular weight excluding hydrogens is 244 g/mol. The molecule has 0 spiro atoms. The number of hydrogen-bond donors (Lipinski definition) is 1. The minimum absolute atomic E-state index is 0.0117. The lowest BCUT2D eigenvalue weighted by molar-refractivity contribution is -0.148. The molecule has 0 radical (unpaired) electrons. The smallest absolute Gasteiger partial charge is 0.321 e. The molecule has 0 unspecified atom stereocenters. The molecule has 19 heavy (non-hydrogen) atoms. The largest absolute Gasteiger partial charge is 0.480 e. The molecule has 1 amide bonds. The van der Waals surface area contributed by atoms with Gasteiger partial charge in [-0.05, 0) is 45.2 Å². The number of carboxylic acids is 1. The highest BCUT2D eigenvalue weighted by atomic mass is 16.4. The van der Waals surface area contributed by atoms with Gasteiger partial charge in [0, 0.05) is 13.1 Å². The van der Waals surface area contributed by atoms with E-state index in [9.17, 15) is 14.7 Å². The summed E-state index contributed by atoms with van der Waals surface area (Å²) < 4.78 is 0. The van der Waals surface area contributed by atoms with Crippen molar-refractivity contribution in [2.75, 3.05) is 26.2 Å². The van der Waals surface area contributed by atoms with Crippen molar-refractivity contribution in [3.63, 3.8) is 0 Å². The first kappa shape index (κ1) is 14.3. The van der Waals surface area contributed by atoms with Crippen molar-refractivity contribution in [2.45, 2.75) is 51.0 Å². The molecule has 0 bridgehead atoms. The first-order valence-corrected chi connectivity index (χ1v) is 7.43. The molecule has 1 atom stereocenters. The van der Waals surface area contributed by atoms with Gasteiger partial charge in [-0.25, -0.2) is 0 Å². The van der Waals surface area contributed by atoms with Crippen molar-refractivity contribution in [1.82, 2.24) is 9.80 Å². The van der Waals surface area contributed by atoms with Gasteiger partial charge < -0.3 is 10.0 Å². The van der Waals surface area contributed by atoms with Crippen LogP contribution in [0.5, 0.6) is 0 Å². The predicted molar refractivity (Wildman–Crippen MR) is 71.9 cm³/mol. The number of carbonyl (C=O) groups is 2. The Labute approximate surface area is 114 Å². The van der Waals surface area contributed by atoms with Crippen LogP contribution in [0.25, 0.3) is 0 Å². The van der Waals surface area contributed by atoms with Gasteiger partial charge in [-0.2, -0.15) is 0 Å². The van der Waals surface area contributed by atoms with Gasteiger partial charge in [0.15, 0.2) is 0 Å². The number of hydrogen-bond acceptors (Lipinski definition) is 3. The third-order valence-electron chi connectivity index (χ3n) is 4.19. The molecule has 5 nitrogen and oxygen atoms in total. The van der Waals surface area contributed by atoms with E-state index < -0.39 is 12.0 Å². The van der Waals surface area contributed by atoms with Gasteiger partial charge in [0.25, 0.3) is 0 Å². The number of nitrogens with zero attached hydrogens (tertiary/aromatic N) is 2. The highest BCUT2D eigenvalue weighted by Crippen LogP contribution is 2.17. The maximum Gasteiger partial charge on any atom is 0.321 e. The molecule has 2 aliphatic rings. The Hall–Kier alpha value is -1.10. The normalized spacial score (nSPS) is 23.1. The molecule has 0 aliphatic carbocycles. The van der Waals surface area contributed by atoms with Gasteiger partial charge in [0.2, 0.25) is 5.91 Å². The summed E-state index contributed by atoms with van der Waals surface area (Å²) in [7, 11) is 0. The molecule has 5 heteroatoms. The fourth-order valence-electron chi connectivity index (χ4n) is 3.04. The van der Waals surface area contributed by atoms with E-state index in [0.717, 1.165) is 51.9 Å². The van der Waals surface area contributed by atoms with Gasteiger partial charge in [0.1, 0.15) is 6.04 Å². The van der Waals surface area contributed by atoms with E-state index in [2.05, 4.69) is 0 Å². The summed E-state index contributed by atoms with van der Waals surface area (Å²) in [6.07, 6.45) is 6.67. The van der Waals surface area contributed by atoms with E-state index in [-0.39, 0.29) is 12.3 Å². The third-order valence-corrected chi connectivity index (χ3v) is 4.19. The molecule has 0 aromatic carbocycles. The number of aliphatic carboxylic acids is 1. The van der Waals surface area contributed by atoms with Crippen LogP contribution in [0.1, 0.15) is 44.9 Å². The molecule has 2 fully saturated rings. The van der Waals surface area contributed by atoms with Crippen molar-refractivity contribution in [3.05, 3.63) is 0 Å². The van der Waals surface area contributed by atoms with Crippen LogP contribution < -0.4 is 0 Å². The second-order valence-electron chi connectivity index (χ2n) is 5.60. The topological polar surface area (TPSA) is 60.9 Å². The molecule has 1 N–H and O–H groups in total. The second-order valence-corrected chi connectivity index (χ2v) is 5.60. The summed E-state index contributed by atoms with van der Waals surface area (Å²) >= 11 is 0. The third kappa shape index (κ3) is 3.93. The van der Waals surface area contributed by atoms with E-state index in [4.69, 9.17) is 0 Å². The number of rotatable bonds is 4. The van der Waals surface area contributed by atoms with Crippen molar-refractivity contribution >= 4 is 11.9 Å². The second kappa shape index (κ2) is 6.89. The Morgan fingerprint density at radius 1 is 0.895 bits per heavy atom. The number of carbonyl (C=O) groups excluding carboxylic acids is 1. The van der Waals surface area contributed by atoms with Crippen molar-refractivity contribution in [2.24, 2.45) is 0 Å². The number of amides is 1. The maximum absolute atomic E-state index is 12.2. The van der Waals surface area contributed by atoms with Crippen LogP contribution >= 0.6 is 0 Å². The fraction of sp³-hybridized carbons (Fsp3) is 0.857. The van der Waals surface area contributed by atoms with Crippen LogP contribution in [0.3, 0.4) is 0 Å². The molecule has 0 aromatic heterocycles. The molecule has 0 saturated carbocycles. The quantitative estimate of drug-likeness (QED) is 0.835. The standard InChI is InChI=1S/C14H24N2O3/c17-13(16-9-5-2-6-10-16)11-12(14(18)19)15-7-3-1-4-8-15/h12H,1-11H2,(H,18,19)/t12-/m1/s1. The SMILES string of the molecule is O=C(O)[C@@H](CC(=O)N1CCCCC1)N1CCCCC1. The molecule has 2 heterocycles. The Kier molecular flexibility index (Phi) is 5.19. The minimum Gasteiger partial charge on any atom is -0.480 e. The molecule has 2 saturated heterocycles.